The Bertz CT molecular complexity index is 462. The molecule has 0 spiro atoms. The van der Waals surface area contributed by atoms with Gasteiger partial charge in [0, 0.05) is 19.1 Å². The van der Waals surface area contributed by atoms with Crippen LogP contribution < -0.4 is 5.32 Å². The second-order valence-electron chi connectivity index (χ2n) is 5.51. The number of nitriles is 1. The normalized spacial score (nSPS) is 20.2. The lowest BCUT2D eigenvalue weighted by molar-refractivity contribution is 0.181. The minimum atomic E-state index is 0.674. The molecule has 0 amide bonds. The first-order valence-electron chi connectivity index (χ1n) is 7.11. The number of hydrogen-bond donors (Lipinski definition) is 1. The zero-order valence-corrected chi connectivity index (χ0v) is 11.9. The van der Waals surface area contributed by atoms with E-state index in [1.807, 2.05) is 12.1 Å². The molecule has 0 aromatic heterocycles. The van der Waals surface area contributed by atoms with E-state index in [9.17, 15) is 0 Å². The van der Waals surface area contributed by atoms with Gasteiger partial charge in [-0.05, 0) is 56.6 Å². The highest BCUT2D eigenvalue weighted by Crippen LogP contribution is 2.15. The van der Waals surface area contributed by atoms with Gasteiger partial charge in [0.2, 0.25) is 0 Å². The summed E-state index contributed by atoms with van der Waals surface area (Å²) in [6.07, 6.45) is 3.99. The lowest BCUT2D eigenvalue weighted by Crippen LogP contribution is -2.42. The number of hydrogen-bond acceptors (Lipinski definition) is 3. The van der Waals surface area contributed by atoms with Crippen LogP contribution in [0.25, 0.3) is 0 Å². The van der Waals surface area contributed by atoms with Crippen molar-refractivity contribution in [3.63, 3.8) is 0 Å². The third-order valence-electron chi connectivity index (χ3n) is 4.09. The SMILES string of the molecule is Cc1cc(C#N)ccc1CNCC1CCCCN1C. The van der Waals surface area contributed by atoms with Crippen LogP contribution in [0.1, 0.15) is 36.0 Å². The Morgan fingerprint density at radius 2 is 2.26 bits per heavy atom. The van der Waals surface area contributed by atoms with Crippen molar-refractivity contribution in [2.45, 2.75) is 38.8 Å². The van der Waals surface area contributed by atoms with Gasteiger partial charge in [-0.2, -0.15) is 5.26 Å². The Labute approximate surface area is 116 Å². The third-order valence-corrected chi connectivity index (χ3v) is 4.09. The van der Waals surface area contributed by atoms with Gasteiger partial charge in [-0.25, -0.2) is 0 Å². The smallest absolute Gasteiger partial charge is 0.0991 e. The van der Waals surface area contributed by atoms with Gasteiger partial charge in [0.1, 0.15) is 0 Å². The van der Waals surface area contributed by atoms with Crippen LogP contribution in [0.3, 0.4) is 0 Å². The molecule has 1 aliphatic heterocycles. The van der Waals surface area contributed by atoms with E-state index >= 15 is 0 Å². The largest absolute Gasteiger partial charge is 0.311 e. The number of likely N-dealkylation sites (tertiary alicyclic amines) is 1. The fourth-order valence-electron chi connectivity index (χ4n) is 2.74. The molecule has 1 aliphatic rings. The van der Waals surface area contributed by atoms with E-state index in [0.717, 1.165) is 18.7 Å². The molecule has 19 heavy (non-hydrogen) atoms. The Balaban J connectivity index is 1.84. The molecule has 3 heteroatoms. The predicted molar refractivity (Wildman–Crippen MR) is 77.9 cm³/mol. The molecule has 3 nitrogen and oxygen atoms in total. The van der Waals surface area contributed by atoms with Gasteiger partial charge in [-0.15, -0.1) is 0 Å². The van der Waals surface area contributed by atoms with E-state index in [-0.39, 0.29) is 0 Å². The molecule has 0 saturated carbocycles. The molecule has 1 saturated heterocycles. The molecular formula is C16H23N3. The lowest BCUT2D eigenvalue weighted by atomic mass is 10.0. The Hall–Kier alpha value is -1.37. The number of likely N-dealkylation sites (N-methyl/N-ethyl adjacent to an activating group) is 1. The van der Waals surface area contributed by atoms with Crippen molar-refractivity contribution in [3.05, 3.63) is 34.9 Å². The molecule has 1 atom stereocenters. The highest BCUT2D eigenvalue weighted by Gasteiger charge is 2.17. The average molecular weight is 257 g/mol. The van der Waals surface area contributed by atoms with Gasteiger partial charge in [0.15, 0.2) is 0 Å². The van der Waals surface area contributed by atoms with Gasteiger partial charge in [0.25, 0.3) is 0 Å². The van der Waals surface area contributed by atoms with Crippen molar-refractivity contribution >= 4 is 0 Å². The number of nitrogens with one attached hydrogen (secondary N) is 1. The summed E-state index contributed by atoms with van der Waals surface area (Å²) < 4.78 is 0. The summed E-state index contributed by atoms with van der Waals surface area (Å²) in [6.45, 7) is 5.24. The van der Waals surface area contributed by atoms with Gasteiger partial charge in [0.05, 0.1) is 11.6 Å². The van der Waals surface area contributed by atoms with Crippen LogP contribution in [0, 0.1) is 18.3 Å². The summed E-state index contributed by atoms with van der Waals surface area (Å²) in [5.41, 5.74) is 3.23. The second kappa shape index (κ2) is 6.70. The standard InChI is InChI=1S/C16H23N3/c1-13-9-14(10-17)6-7-15(13)11-18-12-16-5-3-4-8-19(16)2/h6-7,9,16,18H,3-5,8,11-12H2,1-2H3. The average Bonchev–Trinajstić information content (AvgIpc) is 2.42. The summed E-state index contributed by atoms with van der Waals surface area (Å²) in [5.74, 6) is 0. The predicted octanol–water partition coefficient (Wildman–Crippen LogP) is 2.44. The summed E-state index contributed by atoms with van der Waals surface area (Å²) in [4.78, 5) is 2.46. The zero-order valence-electron chi connectivity index (χ0n) is 11.9. The summed E-state index contributed by atoms with van der Waals surface area (Å²) >= 11 is 0. The maximum absolute atomic E-state index is 8.86. The van der Waals surface area contributed by atoms with E-state index in [1.165, 1.54) is 36.9 Å². The Morgan fingerprint density at radius 1 is 1.42 bits per heavy atom. The monoisotopic (exact) mass is 257 g/mol. The third kappa shape index (κ3) is 3.79. The first-order valence-corrected chi connectivity index (χ1v) is 7.11. The first-order chi connectivity index (χ1) is 9.20. The molecule has 1 fully saturated rings. The molecule has 0 radical (unpaired) electrons. The second-order valence-corrected chi connectivity index (χ2v) is 5.51. The van der Waals surface area contributed by atoms with Gasteiger partial charge < -0.3 is 10.2 Å². The maximum Gasteiger partial charge on any atom is 0.0991 e. The van der Waals surface area contributed by atoms with E-state index in [1.54, 1.807) is 0 Å². The van der Waals surface area contributed by atoms with Crippen LogP contribution >= 0.6 is 0 Å². The summed E-state index contributed by atoms with van der Waals surface area (Å²) in [5, 5.41) is 12.4. The van der Waals surface area contributed by atoms with Crippen LogP contribution in [0.2, 0.25) is 0 Å². The topological polar surface area (TPSA) is 39.1 Å². The van der Waals surface area contributed by atoms with Crippen LogP contribution in [-0.2, 0) is 6.54 Å². The molecule has 1 aromatic carbocycles. The Kier molecular flexibility index (Phi) is 4.95. The number of rotatable bonds is 4. The van der Waals surface area contributed by atoms with Crippen LogP contribution in [0.5, 0.6) is 0 Å². The summed E-state index contributed by atoms with van der Waals surface area (Å²) in [7, 11) is 2.22. The quantitative estimate of drug-likeness (QED) is 0.900. The summed E-state index contributed by atoms with van der Waals surface area (Å²) in [6, 6.07) is 8.78. The minimum Gasteiger partial charge on any atom is -0.311 e. The fraction of sp³-hybridized carbons (Fsp3) is 0.562. The molecule has 1 heterocycles. The number of aryl methyl sites for hydroxylation is 1. The van der Waals surface area contributed by atoms with Crippen molar-refractivity contribution < 1.29 is 0 Å². The molecule has 1 aromatic rings. The number of benzene rings is 1. The van der Waals surface area contributed by atoms with Crippen molar-refractivity contribution in [3.8, 4) is 6.07 Å². The Morgan fingerprint density at radius 3 is 2.95 bits per heavy atom. The number of nitrogens with zero attached hydrogens (tertiary/aromatic N) is 2. The molecule has 102 valence electrons. The van der Waals surface area contributed by atoms with E-state index in [2.05, 4.69) is 36.3 Å². The molecular weight excluding hydrogens is 234 g/mol. The van der Waals surface area contributed by atoms with Crippen molar-refractivity contribution in [1.82, 2.24) is 10.2 Å². The first kappa shape index (κ1) is 14.0. The maximum atomic E-state index is 8.86. The number of piperidine rings is 1. The van der Waals surface area contributed by atoms with Gasteiger partial charge in [-0.1, -0.05) is 12.5 Å². The van der Waals surface area contributed by atoms with E-state index in [4.69, 9.17) is 5.26 Å². The van der Waals surface area contributed by atoms with Crippen LogP contribution in [-0.4, -0.2) is 31.1 Å². The molecule has 2 rings (SSSR count). The minimum absolute atomic E-state index is 0.674. The highest BCUT2D eigenvalue weighted by molar-refractivity contribution is 5.37. The highest BCUT2D eigenvalue weighted by atomic mass is 15.2. The van der Waals surface area contributed by atoms with Crippen molar-refractivity contribution in [2.24, 2.45) is 0 Å². The fourth-order valence-corrected chi connectivity index (χ4v) is 2.74. The molecule has 0 bridgehead atoms. The van der Waals surface area contributed by atoms with Crippen LogP contribution in [0.15, 0.2) is 18.2 Å². The van der Waals surface area contributed by atoms with E-state index in [0.29, 0.717) is 6.04 Å². The van der Waals surface area contributed by atoms with Crippen molar-refractivity contribution in [2.75, 3.05) is 20.1 Å². The zero-order chi connectivity index (χ0) is 13.7. The molecule has 0 aliphatic carbocycles. The molecule has 1 N–H and O–H groups in total. The van der Waals surface area contributed by atoms with Crippen LogP contribution in [0.4, 0.5) is 0 Å². The molecule has 1 unspecified atom stereocenters. The van der Waals surface area contributed by atoms with E-state index < -0.39 is 0 Å². The van der Waals surface area contributed by atoms with Crippen molar-refractivity contribution in [1.29, 1.82) is 5.26 Å². The lowest BCUT2D eigenvalue weighted by Gasteiger charge is -2.32. The van der Waals surface area contributed by atoms with Gasteiger partial charge in [-0.3, -0.25) is 0 Å². The van der Waals surface area contributed by atoms with Gasteiger partial charge >= 0.3 is 0 Å².